The van der Waals surface area contributed by atoms with Crippen LogP contribution in [0.25, 0.3) is 0 Å². The topological polar surface area (TPSA) is 12.0 Å². The molecule has 1 nitrogen and oxygen atoms in total. The minimum Gasteiger partial charge on any atom is -0.378 e. The fraction of sp³-hybridized carbons (Fsp3) is 0.294. The quantitative estimate of drug-likeness (QED) is 0.777. The normalized spacial score (nSPS) is 17.5. The number of halogens is 3. The number of fused-ring (bicyclic) bond motifs is 1. The van der Waals surface area contributed by atoms with E-state index in [1.165, 1.54) is 16.7 Å². The monoisotopic (exact) mass is 291 g/mol. The van der Waals surface area contributed by atoms with Gasteiger partial charge in [-0.25, -0.2) is 0 Å². The number of hydrogen-bond acceptors (Lipinski definition) is 1. The second-order valence-corrected chi connectivity index (χ2v) is 5.61. The molecule has 0 fully saturated rings. The van der Waals surface area contributed by atoms with E-state index in [0.717, 1.165) is 29.8 Å². The molecule has 0 bridgehead atoms. The fourth-order valence-corrected chi connectivity index (χ4v) is 2.74. The van der Waals surface area contributed by atoms with Crippen LogP contribution in [0.4, 0.5) is 18.9 Å². The standard InChI is InChI=1S/C17H16F3N/c1-10-7-13-9-16(21-15(13)8-11(10)2)12-3-5-14(6-4-12)17(18,19)20/h3-8,16,21H,9H2,1-2H3. The molecule has 3 rings (SSSR count). The van der Waals surface area contributed by atoms with Crippen molar-refractivity contribution in [2.75, 3.05) is 5.32 Å². The summed E-state index contributed by atoms with van der Waals surface area (Å²) in [6.45, 7) is 4.13. The second-order valence-electron chi connectivity index (χ2n) is 5.61. The molecule has 1 atom stereocenters. The molecule has 0 aliphatic carbocycles. The summed E-state index contributed by atoms with van der Waals surface area (Å²) < 4.78 is 37.8. The molecule has 2 aromatic rings. The lowest BCUT2D eigenvalue weighted by Crippen LogP contribution is -2.08. The Morgan fingerprint density at radius 3 is 2.24 bits per heavy atom. The molecule has 1 aliphatic rings. The van der Waals surface area contributed by atoms with Crippen molar-refractivity contribution in [1.29, 1.82) is 0 Å². The molecule has 1 unspecified atom stereocenters. The van der Waals surface area contributed by atoms with Gasteiger partial charge in [-0.15, -0.1) is 0 Å². The van der Waals surface area contributed by atoms with Crippen molar-refractivity contribution < 1.29 is 13.2 Å². The number of anilines is 1. The third-order valence-corrected chi connectivity index (χ3v) is 4.11. The summed E-state index contributed by atoms with van der Waals surface area (Å²) in [6.07, 6.45) is -3.47. The minimum absolute atomic E-state index is 0.0449. The van der Waals surface area contributed by atoms with Gasteiger partial charge < -0.3 is 5.32 Å². The Morgan fingerprint density at radius 1 is 1.00 bits per heavy atom. The Labute approximate surface area is 121 Å². The Kier molecular flexibility index (Phi) is 3.19. The van der Waals surface area contributed by atoms with Gasteiger partial charge in [-0.05, 0) is 60.7 Å². The van der Waals surface area contributed by atoms with Crippen LogP contribution in [0.15, 0.2) is 36.4 Å². The van der Waals surface area contributed by atoms with Crippen LogP contribution in [0.1, 0.15) is 33.9 Å². The lowest BCUT2D eigenvalue weighted by Gasteiger charge is -2.13. The number of aryl methyl sites for hydroxylation is 2. The van der Waals surface area contributed by atoms with E-state index >= 15 is 0 Å². The van der Waals surface area contributed by atoms with Gasteiger partial charge in [0.15, 0.2) is 0 Å². The second kappa shape index (κ2) is 4.79. The van der Waals surface area contributed by atoms with Gasteiger partial charge in [-0.3, -0.25) is 0 Å². The van der Waals surface area contributed by atoms with Crippen LogP contribution >= 0.6 is 0 Å². The van der Waals surface area contributed by atoms with Crippen LogP contribution in [0.3, 0.4) is 0 Å². The van der Waals surface area contributed by atoms with E-state index < -0.39 is 11.7 Å². The molecule has 21 heavy (non-hydrogen) atoms. The van der Waals surface area contributed by atoms with Crippen LogP contribution in [0, 0.1) is 13.8 Å². The summed E-state index contributed by atoms with van der Waals surface area (Å²) in [4.78, 5) is 0. The largest absolute Gasteiger partial charge is 0.416 e. The van der Waals surface area contributed by atoms with Gasteiger partial charge in [0.2, 0.25) is 0 Å². The van der Waals surface area contributed by atoms with E-state index in [1.54, 1.807) is 12.1 Å². The third-order valence-electron chi connectivity index (χ3n) is 4.11. The molecule has 1 aliphatic heterocycles. The van der Waals surface area contributed by atoms with Crippen molar-refractivity contribution >= 4 is 5.69 Å². The SMILES string of the molecule is Cc1cc2c(cc1C)NC(c1ccc(C(F)(F)F)cc1)C2. The van der Waals surface area contributed by atoms with Crippen LogP contribution in [0.5, 0.6) is 0 Å². The molecule has 0 saturated heterocycles. The molecule has 1 heterocycles. The van der Waals surface area contributed by atoms with Crippen LogP contribution in [0.2, 0.25) is 0 Å². The van der Waals surface area contributed by atoms with Crippen molar-refractivity contribution in [3.8, 4) is 0 Å². The first-order valence-electron chi connectivity index (χ1n) is 6.88. The number of rotatable bonds is 1. The first kappa shape index (κ1) is 14.0. The van der Waals surface area contributed by atoms with Crippen molar-refractivity contribution in [2.45, 2.75) is 32.5 Å². The van der Waals surface area contributed by atoms with E-state index in [9.17, 15) is 13.2 Å². The van der Waals surface area contributed by atoms with Gasteiger partial charge in [-0.1, -0.05) is 18.2 Å². The zero-order chi connectivity index (χ0) is 15.2. The predicted octanol–water partition coefficient (Wildman–Crippen LogP) is 5.03. The summed E-state index contributed by atoms with van der Waals surface area (Å²) in [6, 6.07) is 9.73. The smallest absolute Gasteiger partial charge is 0.378 e. The maximum absolute atomic E-state index is 12.6. The highest BCUT2D eigenvalue weighted by Crippen LogP contribution is 2.37. The predicted molar refractivity (Wildman–Crippen MR) is 77.4 cm³/mol. The van der Waals surface area contributed by atoms with Gasteiger partial charge in [0, 0.05) is 5.69 Å². The minimum atomic E-state index is -4.28. The van der Waals surface area contributed by atoms with E-state index in [-0.39, 0.29) is 6.04 Å². The Bertz CT molecular complexity index is 641. The summed E-state index contributed by atoms with van der Waals surface area (Å²) in [5.41, 5.74) is 5.05. The number of hydrogen-bond donors (Lipinski definition) is 1. The molecule has 0 saturated carbocycles. The van der Waals surface area contributed by atoms with Crippen LogP contribution in [-0.2, 0) is 12.6 Å². The zero-order valence-electron chi connectivity index (χ0n) is 11.9. The molecule has 0 radical (unpaired) electrons. The molecule has 110 valence electrons. The lowest BCUT2D eigenvalue weighted by atomic mass is 9.99. The Morgan fingerprint density at radius 2 is 1.62 bits per heavy atom. The molecule has 1 N–H and O–H groups in total. The van der Waals surface area contributed by atoms with Crippen LogP contribution < -0.4 is 5.32 Å². The summed E-state index contributed by atoms with van der Waals surface area (Å²) in [7, 11) is 0. The molecule has 2 aromatic carbocycles. The summed E-state index contributed by atoms with van der Waals surface area (Å²) in [5, 5.41) is 3.40. The maximum atomic E-state index is 12.6. The van der Waals surface area contributed by atoms with Crippen LogP contribution in [-0.4, -0.2) is 0 Å². The van der Waals surface area contributed by atoms with Crippen molar-refractivity contribution in [1.82, 2.24) is 0 Å². The average molecular weight is 291 g/mol. The fourth-order valence-electron chi connectivity index (χ4n) is 2.74. The van der Waals surface area contributed by atoms with Gasteiger partial charge >= 0.3 is 6.18 Å². The van der Waals surface area contributed by atoms with Gasteiger partial charge in [0.1, 0.15) is 0 Å². The lowest BCUT2D eigenvalue weighted by molar-refractivity contribution is -0.137. The van der Waals surface area contributed by atoms with Crippen molar-refractivity contribution in [2.24, 2.45) is 0 Å². The molecule has 0 amide bonds. The average Bonchev–Trinajstić information content (AvgIpc) is 2.81. The molecular weight excluding hydrogens is 275 g/mol. The van der Waals surface area contributed by atoms with E-state index in [0.29, 0.717) is 0 Å². The third kappa shape index (κ3) is 2.62. The zero-order valence-corrected chi connectivity index (χ0v) is 11.9. The summed E-state index contributed by atoms with van der Waals surface area (Å²) in [5.74, 6) is 0. The summed E-state index contributed by atoms with van der Waals surface area (Å²) >= 11 is 0. The van der Waals surface area contributed by atoms with E-state index in [2.05, 4.69) is 31.3 Å². The Balaban J connectivity index is 1.84. The molecular formula is C17H16F3N. The number of nitrogens with one attached hydrogen (secondary N) is 1. The Hall–Kier alpha value is -1.97. The first-order chi connectivity index (χ1) is 9.84. The van der Waals surface area contributed by atoms with Crippen molar-refractivity contribution in [3.05, 3.63) is 64.2 Å². The number of benzene rings is 2. The molecule has 0 spiro atoms. The highest BCUT2D eigenvalue weighted by molar-refractivity contribution is 5.61. The van der Waals surface area contributed by atoms with E-state index in [1.807, 2.05) is 0 Å². The number of alkyl halides is 3. The molecule has 4 heteroatoms. The molecule has 0 aromatic heterocycles. The van der Waals surface area contributed by atoms with E-state index in [4.69, 9.17) is 0 Å². The highest BCUT2D eigenvalue weighted by Gasteiger charge is 2.30. The maximum Gasteiger partial charge on any atom is 0.416 e. The van der Waals surface area contributed by atoms with Crippen molar-refractivity contribution in [3.63, 3.8) is 0 Å². The van der Waals surface area contributed by atoms with Gasteiger partial charge in [0.05, 0.1) is 11.6 Å². The van der Waals surface area contributed by atoms with Gasteiger partial charge in [0.25, 0.3) is 0 Å². The highest BCUT2D eigenvalue weighted by atomic mass is 19.4. The van der Waals surface area contributed by atoms with Gasteiger partial charge in [-0.2, -0.15) is 13.2 Å². The first-order valence-corrected chi connectivity index (χ1v) is 6.88.